The number of carbonyl (C=O) groups excluding carboxylic acids is 1. The van der Waals surface area contributed by atoms with Gasteiger partial charge in [0.25, 0.3) is 5.91 Å². The summed E-state index contributed by atoms with van der Waals surface area (Å²) in [6.07, 6.45) is 0. The van der Waals surface area contributed by atoms with Crippen LogP contribution >= 0.6 is 0 Å². The van der Waals surface area contributed by atoms with E-state index < -0.39 is 0 Å². The third kappa shape index (κ3) is 3.79. The van der Waals surface area contributed by atoms with Gasteiger partial charge in [0.15, 0.2) is 11.5 Å². The number of nitrogens with one attached hydrogen (secondary N) is 1. The molecule has 5 nitrogen and oxygen atoms in total. The van der Waals surface area contributed by atoms with Gasteiger partial charge in [0.2, 0.25) is 0 Å². The third-order valence-corrected chi connectivity index (χ3v) is 3.91. The van der Waals surface area contributed by atoms with Crippen molar-refractivity contribution in [1.29, 1.82) is 0 Å². The molecule has 1 amide bonds. The van der Waals surface area contributed by atoms with E-state index in [0.29, 0.717) is 17.1 Å². The zero-order chi connectivity index (χ0) is 17.7. The van der Waals surface area contributed by atoms with E-state index in [0.717, 1.165) is 16.9 Å². The quantitative estimate of drug-likeness (QED) is 0.881. The standard InChI is InChI=1S/C19H23NO4/c1-12-10-15(7-8-16(12)22-3)19(21)20-13(2)14-6-9-17(23-4)18(11-14)24-5/h6-11,13H,1-5H3,(H,20,21). The van der Waals surface area contributed by atoms with Crippen molar-refractivity contribution in [2.45, 2.75) is 19.9 Å². The lowest BCUT2D eigenvalue weighted by Gasteiger charge is -2.17. The Balaban J connectivity index is 2.15. The molecule has 2 aromatic rings. The Hall–Kier alpha value is -2.69. The van der Waals surface area contributed by atoms with Gasteiger partial charge in [-0.15, -0.1) is 0 Å². The number of amides is 1. The predicted octanol–water partition coefficient (Wildman–Crippen LogP) is 3.51. The van der Waals surface area contributed by atoms with Crippen LogP contribution in [0.15, 0.2) is 36.4 Å². The molecule has 0 bridgehead atoms. The summed E-state index contributed by atoms with van der Waals surface area (Å²) in [5.41, 5.74) is 2.45. The van der Waals surface area contributed by atoms with Crippen LogP contribution < -0.4 is 19.5 Å². The Morgan fingerprint density at radius 1 is 0.917 bits per heavy atom. The molecule has 0 saturated heterocycles. The average Bonchev–Trinajstić information content (AvgIpc) is 2.60. The molecule has 0 fully saturated rings. The molecule has 0 spiro atoms. The summed E-state index contributed by atoms with van der Waals surface area (Å²) in [5, 5.41) is 2.99. The molecule has 0 radical (unpaired) electrons. The molecule has 1 atom stereocenters. The second-order valence-corrected chi connectivity index (χ2v) is 5.49. The molecular weight excluding hydrogens is 306 g/mol. The number of ether oxygens (including phenoxy) is 3. The van der Waals surface area contributed by atoms with Crippen molar-refractivity contribution in [3.8, 4) is 17.2 Å². The summed E-state index contributed by atoms with van der Waals surface area (Å²) in [6, 6.07) is 10.8. The number of aryl methyl sites for hydroxylation is 1. The number of rotatable bonds is 6. The predicted molar refractivity (Wildman–Crippen MR) is 93.2 cm³/mol. The van der Waals surface area contributed by atoms with Gasteiger partial charge in [-0.05, 0) is 55.3 Å². The highest BCUT2D eigenvalue weighted by atomic mass is 16.5. The van der Waals surface area contributed by atoms with Gasteiger partial charge in [-0.25, -0.2) is 0 Å². The molecule has 1 unspecified atom stereocenters. The summed E-state index contributed by atoms with van der Waals surface area (Å²) >= 11 is 0. The number of benzene rings is 2. The van der Waals surface area contributed by atoms with E-state index in [-0.39, 0.29) is 11.9 Å². The van der Waals surface area contributed by atoms with Crippen LogP contribution in [0.25, 0.3) is 0 Å². The molecule has 2 aromatic carbocycles. The monoisotopic (exact) mass is 329 g/mol. The lowest BCUT2D eigenvalue weighted by atomic mass is 10.1. The zero-order valence-corrected chi connectivity index (χ0v) is 14.7. The highest BCUT2D eigenvalue weighted by molar-refractivity contribution is 5.94. The minimum Gasteiger partial charge on any atom is -0.496 e. The Kier molecular flexibility index (Phi) is 5.68. The van der Waals surface area contributed by atoms with Gasteiger partial charge in [0.05, 0.1) is 27.4 Å². The van der Waals surface area contributed by atoms with Crippen molar-refractivity contribution >= 4 is 5.91 Å². The Bertz CT molecular complexity index is 727. The molecule has 24 heavy (non-hydrogen) atoms. The van der Waals surface area contributed by atoms with E-state index in [2.05, 4.69) is 5.32 Å². The van der Waals surface area contributed by atoms with Crippen LogP contribution in [0.1, 0.15) is 34.5 Å². The second-order valence-electron chi connectivity index (χ2n) is 5.49. The van der Waals surface area contributed by atoms with Crippen LogP contribution in [0.2, 0.25) is 0 Å². The number of hydrogen-bond donors (Lipinski definition) is 1. The second kappa shape index (κ2) is 7.73. The Morgan fingerprint density at radius 2 is 1.54 bits per heavy atom. The van der Waals surface area contributed by atoms with Crippen molar-refractivity contribution in [3.63, 3.8) is 0 Å². The van der Waals surface area contributed by atoms with E-state index in [1.54, 1.807) is 33.5 Å². The normalized spacial score (nSPS) is 11.5. The van der Waals surface area contributed by atoms with Gasteiger partial charge >= 0.3 is 0 Å². The SMILES string of the molecule is COc1ccc(C(=O)NC(C)c2ccc(OC)c(OC)c2)cc1C. The largest absolute Gasteiger partial charge is 0.496 e. The highest BCUT2D eigenvalue weighted by Gasteiger charge is 2.14. The number of hydrogen-bond acceptors (Lipinski definition) is 4. The molecular formula is C19H23NO4. The maximum absolute atomic E-state index is 12.4. The van der Waals surface area contributed by atoms with E-state index in [1.807, 2.05) is 38.1 Å². The molecule has 5 heteroatoms. The lowest BCUT2D eigenvalue weighted by Crippen LogP contribution is -2.26. The van der Waals surface area contributed by atoms with E-state index in [9.17, 15) is 4.79 Å². The minimum atomic E-state index is -0.167. The van der Waals surface area contributed by atoms with Crippen LogP contribution in [0.4, 0.5) is 0 Å². The van der Waals surface area contributed by atoms with Crippen LogP contribution in [-0.2, 0) is 0 Å². The first-order valence-electron chi connectivity index (χ1n) is 7.67. The molecule has 0 aromatic heterocycles. The summed E-state index contributed by atoms with van der Waals surface area (Å²) in [5.74, 6) is 1.92. The molecule has 1 N–H and O–H groups in total. The number of carbonyl (C=O) groups is 1. The highest BCUT2D eigenvalue weighted by Crippen LogP contribution is 2.30. The van der Waals surface area contributed by atoms with Gasteiger partial charge in [0, 0.05) is 5.56 Å². The van der Waals surface area contributed by atoms with Crippen LogP contribution in [0.3, 0.4) is 0 Å². The minimum absolute atomic E-state index is 0.136. The fourth-order valence-corrected chi connectivity index (χ4v) is 2.51. The molecule has 0 aliphatic rings. The maximum atomic E-state index is 12.4. The van der Waals surface area contributed by atoms with Crippen molar-refractivity contribution in [2.24, 2.45) is 0 Å². The van der Waals surface area contributed by atoms with Gasteiger partial charge in [0.1, 0.15) is 5.75 Å². The topological polar surface area (TPSA) is 56.8 Å². The summed E-state index contributed by atoms with van der Waals surface area (Å²) < 4.78 is 15.8. The van der Waals surface area contributed by atoms with Gasteiger partial charge in [-0.1, -0.05) is 6.07 Å². The Morgan fingerprint density at radius 3 is 2.12 bits per heavy atom. The van der Waals surface area contributed by atoms with E-state index in [4.69, 9.17) is 14.2 Å². The van der Waals surface area contributed by atoms with Crippen LogP contribution in [0, 0.1) is 6.92 Å². The van der Waals surface area contributed by atoms with Gasteiger partial charge < -0.3 is 19.5 Å². The van der Waals surface area contributed by atoms with Crippen molar-refractivity contribution in [3.05, 3.63) is 53.1 Å². The van der Waals surface area contributed by atoms with E-state index in [1.165, 1.54) is 0 Å². The van der Waals surface area contributed by atoms with Gasteiger partial charge in [-0.2, -0.15) is 0 Å². The molecule has 0 heterocycles. The summed E-state index contributed by atoms with van der Waals surface area (Å²) in [4.78, 5) is 12.4. The van der Waals surface area contributed by atoms with Crippen molar-refractivity contribution in [2.75, 3.05) is 21.3 Å². The molecule has 2 rings (SSSR count). The zero-order valence-electron chi connectivity index (χ0n) is 14.7. The van der Waals surface area contributed by atoms with Crippen LogP contribution in [-0.4, -0.2) is 27.2 Å². The number of methoxy groups -OCH3 is 3. The van der Waals surface area contributed by atoms with E-state index >= 15 is 0 Å². The maximum Gasteiger partial charge on any atom is 0.251 e. The fourth-order valence-electron chi connectivity index (χ4n) is 2.51. The molecule has 0 saturated carbocycles. The molecule has 128 valence electrons. The summed E-state index contributed by atoms with van der Waals surface area (Å²) in [6.45, 7) is 3.84. The molecule has 0 aliphatic carbocycles. The first-order valence-corrected chi connectivity index (χ1v) is 7.67. The lowest BCUT2D eigenvalue weighted by molar-refractivity contribution is 0.0939. The Labute approximate surface area is 142 Å². The smallest absolute Gasteiger partial charge is 0.251 e. The average molecular weight is 329 g/mol. The van der Waals surface area contributed by atoms with Crippen LogP contribution in [0.5, 0.6) is 17.2 Å². The fraction of sp³-hybridized carbons (Fsp3) is 0.316. The van der Waals surface area contributed by atoms with Crippen molar-refractivity contribution in [1.82, 2.24) is 5.32 Å². The van der Waals surface area contributed by atoms with Gasteiger partial charge in [-0.3, -0.25) is 4.79 Å². The summed E-state index contributed by atoms with van der Waals surface area (Å²) in [7, 11) is 4.79. The van der Waals surface area contributed by atoms with Crippen molar-refractivity contribution < 1.29 is 19.0 Å². The first-order chi connectivity index (χ1) is 11.5. The first kappa shape index (κ1) is 17.7. The molecule has 0 aliphatic heterocycles. The third-order valence-electron chi connectivity index (χ3n) is 3.91.